The first-order valence-electron chi connectivity index (χ1n) is 6.68. The lowest BCUT2D eigenvalue weighted by molar-refractivity contribution is 0.0968. The van der Waals surface area contributed by atoms with Gasteiger partial charge in [0.1, 0.15) is 12.2 Å². The van der Waals surface area contributed by atoms with Gasteiger partial charge in [0.2, 0.25) is 5.43 Å². The maximum atomic E-state index is 13.0. The van der Waals surface area contributed by atoms with Crippen LogP contribution in [0.25, 0.3) is 22.3 Å². The number of hydrogen-bond donors (Lipinski definition) is 0. The number of hydrogen-bond acceptors (Lipinski definition) is 2. The summed E-state index contributed by atoms with van der Waals surface area (Å²) in [5.74, 6) is -0.339. The Morgan fingerprint density at radius 3 is 2.67 bits per heavy atom. The van der Waals surface area contributed by atoms with Crippen LogP contribution < -0.4 is 5.43 Å². The maximum absolute atomic E-state index is 13.0. The van der Waals surface area contributed by atoms with Crippen molar-refractivity contribution in [1.29, 1.82) is 0 Å². The van der Waals surface area contributed by atoms with E-state index >= 15 is 0 Å². The minimum atomic E-state index is -0.561. The zero-order valence-electron chi connectivity index (χ0n) is 11.0. The van der Waals surface area contributed by atoms with Crippen LogP contribution in [0.2, 0.25) is 0 Å². The molecule has 2 aromatic heterocycles. The number of halogens is 1. The third-order valence-electron chi connectivity index (χ3n) is 3.91. The van der Waals surface area contributed by atoms with Crippen molar-refractivity contribution in [2.45, 2.75) is 6.54 Å². The van der Waals surface area contributed by atoms with Crippen LogP contribution in [-0.4, -0.2) is 21.7 Å². The molecule has 1 aromatic carbocycles. The Morgan fingerprint density at radius 1 is 1.05 bits per heavy atom. The van der Waals surface area contributed by atoms with Crippen LogP contribution in [-0.2, 0) is 6.54 Å². The molecule has 4 rings (SSSR count). The molecular formula is C16H11FN2O2. The summed E-state index contributed by atoms with van der Waals surface area (Å²) in [6, 6.07) is 10.5. The Morgan fingerprint density at radius 2 is 1.86 bits per heavy atom. The van der Waals surface area contributed by atoms with E-state index in [1.54, 1.807) is 47.2 Å². The van der Waals surface area contributed by atoms with E-state index in [1.807, 2.05) is 0 Å². The van der Waals surface area contributed by atoms with Crippen molar-refractivity contribution in [2.24, 2.45) is 0 Å². The minimum absolute atomic E-state index is 0.113. The van der Waals surface area contributed by atoms with E-state index in [0.29, 0.717) is 22.3 Å². The molecular weight excluding hydrogens is 271 g/mol. The molecule has 4 nitrogen and oxygen atoms in total. The molecule has 1 aliphatic heterocycles. The van der Waals surface area contributed by atoms with Gasteiger partial charge in [0.05, 0.1) is 23.4 Å². The van der Waals surface area contributed by atoms with Gasteiger partial charge in [-0.25, -0.2) is 4.39 Å². The van der Waals surface area contributed by atoms with Crippen molar-refractivity contribution in [3.63, 3.8) is 0 Å². The second-order valence-electron chi connectivity index (χ2n) is 4.98. The summed E-state index contributed by atoms with van der Waals surface area (Å²) in [7, 11) is 0. The molecule has 104 valence electrons. The van der Waals surface area contributed by atoms with Crippen molar-refractivity contribution in [3.05, 3.63) is 58.4 Å². The zero-order valence-corrected chi connectivity index (χ0v) is 11.0. The summed E-state index contributed by atoms with van der Waals surface area (Å²) in [5, 5.41) is 0.448. The second kappa shape index (κ2) is 4.15. The number of benzene rings is 1. The van der Waals surface area contributed by atoms with Gasteiger partial charge in [-0.3, -0.25) is 14.2 Å². The lowest BCUT2D eigenvalue weighted by Gasteiger charge is -2.14. The third kappa shape index (κ3) is 1.43. The van der Waals surface area contributed by atoms with Gasteiger partial charge in [-0.05, 0) is 24.3 Å². The summed E-state index contributed by atoms with van der Waals surface area (Å²) in [6.45, 7) is -0.449. The number of fused-ring (bicyclic) bond motifs is 4. The fourth-order valence-corrected chi connectivity index (χ4v) is 3.05. The molecule has 21 heavy (non-hydrogen) atoms. The average Bonchev–Trinajstić information content (AvgIpc) is 3.07. The molecule has 0 saturated heterocycles. The summed E-state index contributed by atoms with van der Waals surface area (Å²) in [5.41, 5.74) is 1.67. The lowest BCUT2D eigenvalue weighted by atomic mass is 10.1. The van der Waals surface area contributed by atoms with Crippen molar-refractivity contribution >= 4 is 16.8 Å². The highest BCUT2D eigenvalue weighted by Crippen LogP contribution is 2.32. The highest BCUT2D eigenvalue weighted by Gasteiger charge is 2.32. The number of pyridine rings is 1. The fourth-order valence-electron chi connectivity index (χ4n) is 3.05. The topological polar surface area (TPSA) is 44.0 Å². The SMILES string of the molecule is O=C1c2c(n(CCF)c3ccccc3c2=O)-c2cccn21. The largest absolute Gasteiger partial charge is 0.336 e. The number of nitrogens with zero attached hydrogens (tertiary/aromatic N) is 2. The number of aromatic nitrogens is 2. The predicted molar refractivity (Wildman–Crippen MR) is 77.3 cm³/mol. The first-order valence-corrected chi connectivity index (χ1v) is 6.68. The van der Waals surface area contributed by atoms with E-state index in [1.165, 1.54) is 4.57 Å². The third-order valence-corrected chi connectivity index (χ3v) is 3.91. The highest BCUT2D eigenvalue weighted by atomic mass is 19.1. The molecule has 0 saturated carbocycles. The fraction of sp³-hybridized carbons (Fsp3) is 0.125. The first-order chi connectivity index (χ1) is 10.2. The number of carbonyl (C=O) groups is 1. The summed E-state index contributed by atoms with van der Waals surface area (Å²) < 4.78 is 16.2. The zero-order chi connectivity index (χ0) is 14.6. The molecule has 0 bridgehead atoms. The number of alkyl halides is 1. The van der Waals surface area contributed by atoms with E-state index in [2.05, 4.69) is 0 Å². The van der Waals surface area contributed by atoms with Crippen molar-refractivity contribution in [1.82, 2.24) is 9.13 Å². The molecule has 0 radical (unpaired) electrons. The first kappa shape index (κ1) is 12.1. The van der Waals surface area contributed by atoms with Crippen LogP contribution >= 0.6 is 0 Å². The molecule has 5 heteroatoms. The van der Waals surface area contributed by atoms with Gasteiger partial charge < -0.3 is 4.57 Å². The molecule has 0 atom stereocenters. The Labute approximate surface area is 119 Å². The van der Waals surface area contributed by atoms with E-state index in [9.17, 15) is 14.0 Å². The number of para-hydroxylation sites is 1. The van der Waals surface area contributed by atoms with Gasteiger partial charge in [-0.2, -0.15) is 0 Å². The Balaban J connectivity index is 2.24. The normalized spacial score (nSPS) is 12.7. The number of rotatable bonds is 2. The van der Waals surface area contributed by atoms with Gasteiger partial charge in [0.25, 0.3) is 5.91 Å². The van der Waals surface area contributed by atoms with E-state index < -0.39 is 6.67 Å². The van der Waals surface area contributed by atoms with Crippen LogP contribution in [0.15, 0.2) is 47.4 Å². The molecule has 0 N–H and O–H groups in total. The molecule has 3 aromatic rings. The predicted octanol–water partition coefficient (Wildman–Crippen LogP) is 2.44. The Hall–Kier alpha value is -2.69. The minimum Gasteiger partial charge on any atom is -0.336 e. The maximum Gasteiger partial charge on any atom is 0.268 e. The monoisotopic (exact) mass is 282 g/mol. The van der Waals surface area contributed by atoms with E-state index in [4.69, 9.17) is 0 Å². The Kier molecular flexibility index (Phi) is 2.39. The highest BCUT2D eigenvalue weighted by molar-refractivity contribution is 6.10. The Bertz CT molecular complexity index is 953. The molecule has 3 heterocycles. The quantitative estimate of drug-likeness (QED) is 0.567. The molecule has 0 amide bonds. The number of carbonyl (C=O) groups excluding carboxylic acids is 1. The number of aryl methyl sites for hydroxylation is 1. The van der Waals surface area contributed by atoms with E-state index in [0.717, 1.165) is 0 Å². The molecule has 0 fully saturated rings. The summed E-state index contributed by atoms with van der Waals surface area (Å²) in [6.07, 6.45) is 1.63. The average molecular weight is 282 g/mol. The second-order valence-corrected chi connectivity index (χ2v) is 4.98. The molecule has 0 unspecified atom stereocenters. The molecule has 0 spiro atoms. The van der Waals surface area contributed by atoms with Gasteiger partial charge in [0.15, 0.2) is 0 Å². The smallest absolute Gasteiger partial charge is 0.268 e. The van der Waals surface area contributed by atoms with Crippen molar-refractivity contribution in [2.75, 3.05) is 6.67 Å². The van der Waals surface area contributed by atoms with Gasteiger partial charge in [0, 0.05) is 11.6 Å². The van der Waals surface area contributed by atoms with Crippen LogP contribution in [0, 0.1) is 0 Å². The summed E-state index contributed by atoms with van der Waals surface area (Å²) >= 11 is 0. The molecule has 1 aliphatic rings. The van der Waals surface area contributed by atoms with E-state index in [-0.39, 0.29) is 23.4 Å². The van der Waals surface area contributed by atoms with Crippen LogP contribution in [0.1, 0.15) is 10.4 Å². The van der Waals surface area contributed by atoms with Crippen molar-refractivity contribution < 1.29 is 9.18 Å². The van der Waals surface area contributed by atoms with Crippen LogP contribution in [0.4, 0.5) is 4.39 Å². The van der Waals surface area contributed by atoms with Gasteiger partial charge >= 0.3 is 0 Å². The molecule has 0 aliphatic carbocycles. The van der Waals surface area contributed by atoms with Crippen molar-refractivity contribution in [3.8, 4) is 11.4 Å². The lowest BCUT2D eigenvalue weighted by Crippen LogP contribution is -2.20. The van der Waals surface area contributed by atoms with Crippen LogP contribution in [0.3, 0.4) is 0 Å². The standard InChI is InChI=1S/C16H11FN2O2/c17-7-9-18-11-5-2-1-4-10(11)15(20)13-14(18)12-6-3-8-19(12)16(13)21/h1-6,8H,7,9H2. The van der Waals surface area contributed by atoms with Crippen LogP contribution in [0.5, 0.6) is 0 Å². The summed E-state index contributed by atoms with van der Waals surface area (Å²) in [4.78, 5) is 25.0. The van der Waals surface area contributed by atoms with Gasteiger partial charge in [-0.15, -0.1) is 0 Å². The van der Waals surface area contributed by atoms with Gasteiger partial charge in [-0.1, -0.05) is 12.1 Å².